The second-order valence-electron chi connectivity index (χ2n) is 5.26. The minimum atomic E-state index is -1.02. The number of carbonyl (C=O) groups excluding carboxylic acids is 1. The molecule has 0 radical (unpaired) electrons. The van der Waals surface area contributed by atoms with Crippen molar-refractivity contribution in [3.05, 3.63) is 29.8 Å². The molecule has 1 aromatic rings. The van der Waals surface area contributed by atoms with E-state index in [0.717, 1.165) is 6.61 Å². The smallest absolute Gasteiger partial charge is 0.335 e. The Morgan fingerprint density at radius 1 is 1.43 bits per heavy atom. The van der Waals surface area contributed by atoms with Crippen molar-refractivity contribution in [2.45, 2.75) is 12.8 Å². The number of carboxylic acid groups (broad SMARTS) is 1. The van der Waals surface area contributed by atoms with Gasteiger partial charge in [-0.2, -0.15) is 0 Å². The molecule has 114 valence electrons. The SMILES string of the molecule is CN(CCOCC1CC1)C(=O)Nc1cccc(C(=O)O)c1. The third-order valence-electron chi connectivity index (χ3n) is 3.33. The van der Waals surface area contributed by atoms with E-state index in [2.05, 4.69) is 5.32 Å². The van der Waals surface area contributed by atoms with Crippen LogP contribution in [0, 0.1) is 5.92 Å². The number of benzene rings is 1. The van der Waals surface area contributed by atoms with E-state index in [1.165, 1.54) is 29.9 Å². The zero-order chi connectivity index (χ0) is 15.2. The molecular weight excluding hydrogens is 272 g/mol. The van der Waals surface area contributed by atoms with Gasteiger partial charge in [0.15, 0.2) is 0 Å². The van der Waals surface area contributed by atoms with Gasteiger partial charge in [0.1, 0.15) is 0 Å². The molecule has 1 aliphatic carbocycles. The quantitative estimate of drug-likeness (QED) is 0.756. The van der Waals surface area contributed by atoms with Crippen LogP contribution in [0.4, 0.5) is 10.5 Å². The van der Waals surface area contributed by atoms with Crippen molar-refractivity contribution in [3.63, 3.8) is 0 Å². The summed E-state index contributed by atoms with van der Waals surface area (Å²) in [6.45, 7) is 1.78. The Morgan fingerprint density at radius 2 is 2.19 bits per heavy atom. The van der Waals surface area contributed by atoms with Gasteiger partial charge in [-0.05, 0) is 37.0 Å². The average molecular weight is 292 g/mol. The monoisotopic (exact) mass is 292 g/mol. The molecular formula is C15H20N2O4. The van der Waals surface area contributed by atoms with E-state index in [0.29, 0.717) is 24.8 Å². The molecule has 21 heavy (non-hydrogen) atoms. The van der Waals surface area contributed by atoms with E-state index in [4.69, 9.17) is 9.84 Å². The first kappa shape index (κ1) is 15.3. The first-order valence-electron chi connectivity index (χ1n) is 6.99. The summed E-state index contributed by atoms with van der Waals surface area (Å²) in [5, 5.41) is 11.6. The van der Waals surface area contributed by atoms with E-state index < -0.39 is 5.97 Å². The molecule has 2 amide bonds. The number of rotatable bonds is 7. The van der Waals surface area contributed by atoms with Gasteiger partial charge in [0.25, 0.3) is 0 Å². The number of ether oxygens (including phenoxy) is 1. The van der Waals surface area contributed by atoms with E-state index in [1.54, 1.807) is 19.2 Å². The van der Waals surface area contributed by atoms with Gasteiger partial charge in [-0.15, -0.1) is 0 Å². The van der Waals surface area contributed by atoms with Crippen LogP contribution in [-0.2, 0) is 4.74 Å². The van der Waals surface area contributed by atoms with Crippen LogP contribution in [0.2, 0.25) is 0 Å². The standard InChI is InChI=1S/C15H20N2O4/c1-17(7-8-21-10-11-5-6-11)15(20)16-13-4-2-3-12(9-13)14(18)19/h2-4,9,11H,5-8,10H2,1H3,(H,16,20)(H,18,19). The maximum atomic E-state index is 11.9. The highest BCUT2D eigenvalue weighted by molar-refractivity contribution is 5.93. The maximum Gasteiger partial charge on any atom is 0.335 e. The van der Waals surface area contributed by atoms with Crippen molar-refractivity contribution in [1.82, 2.24) is 4.90 Å². The van der Waals surface area contributed by atoms with Gasteiger partial charge < -0.3 is 20.1 Å². The summed E-state index contributed by atoms with van der Waals surface area (Å²) >= 11 is 0. The Bertz CT molecular complexity index is 514. The van der Waals surface area contributed by atoms with Gasteiger partial charge in [0, 0.05) is 25.9 Å². The molecule has 6 nitrogen and oxygen atoms in total. The van der Waals surface area contributed by atoms with Crippen LogP contribution in [0.1, 0.15) is 23.2 Å². The largest absolute Gasteiger partial charge is 0.478 e. The van der Waals surface area contributed by atoms with Crippen LogP contribution in [0.3, 0.4) is 0 Å². The third kappa shape index (κ3) is 5.07. The number of hydrogen-bond acceptors (Lipinski definition) is 3. The zero-order valence-electron chi connectivity index (χ0n) is 12.0. The second kappa shape index (κ2) is 7.08. The van der Waals surface area contributed by atoms with Gasteiger partial charge in [0.2, 0.25) is 0 Å². The Balaban J connectivity index is 1.76. The fraction of sp³-hybridized carbons (Fsp3) is 0.467. The highest BCUT2D eigenvalue weighted by Gasteiger charge is 2.21. The Kier molecular flexibility index (Phi) is 5.16. The summed E-state index contributed by atoms with van der Waals surface area (Å²) in [6.07, 6.45) is 2.49. The van der Waals surface area contributed by atoms with Crippen molar-refractivity contribution in [2.24, 2.45) is 5.92 Å². The Hall–Kier alpha value is -2.08. The molecule has 1 fully saturated rings. The molecule has 0 saturated heterocycles. The van der Waals surface area contributed by atoms with Crippen molar-refractivity contribution < 1.29 is 19.4 Å². The average Bonchev–Trinajstić information content (AvgIpc) is 3.27. The second-order valence-corrected chi connectivity index (χ2v) is 5.26. The molecule has 1 aliphatic rings. The fourth-order valence-corrected chi connectivity index (χ4v) is 1.79. The minimum Gasteiger partial charge on any atom is -0.478 e. The van der Waals surface area contributed by atoms with E-state index in [-0.39, 0.29) is 11.6 Å². The topological polar surface area (TPSA) is 78.9 Å². The summed E-state index contributed by atoms with van der Waals surface area (Å²) in [4.78, 5) is 24.3. The highest BCUT2D eigenvalue weighted by Crippen LogP contribution is 2.28. The van der Waals surface area contributed by atoms with Crippen LogP contribution in [0.5, 0.6) is 0 Å². The van der Waals surface area contributed by atoms with E-state index in [1.807, 2.05) is 0 Å². The third-order valence-corrected chi connectivity index (χ3v) is 3.33. The molecule has 0 atom stereocenters. The van der Waals surface area contributed by atoms with Crippen molar-refractivity contribution in [1.29, 1.82) is 0 Å². The lowest BCUT2D eigenvalue weighted by Gasteiger charge is -2.18. The number of nitrogens with one attached hydrogen (secondary N) is 1. The number of hydrogen-bond donors (Lipinski definition) is 2. The lowest BCUT2D eigenvalue weighted by Crippen LogP contribution is -2.34. The zero-order valence-corrected chi connectivity index (χ0v) is 12.0. The molecule has 1 aromatic carbocycles. The predicted octanol–water partition coefficient (Wildman–Crippen LogP) is 2.28. The van der Waals surface area contributed by atoms with Crippen molar-refractivity contribution >= 4 is 17.7 Å². The number of carbonyl (C=O) groups is 2. The minimum absolute atomic E-state index is 0.142. The number of anilines is 1. The molecule has 0 spiro atoms. The van der Waals surface area contributed by atoms with Gasteiger partial charge in [-0.3, -0.25) is 0 Å². The van der Waals surface area contributed by atoms with E-state index >= 15 is 0 Å². The lowest BCUT2D eigenvalue weighted by molar-refractivity contribution is 0.0697. The summed E-state index contributed by atoms with van der Waals surface area (Å²) in [5.74, 6) is -0.309. The van der Waals surface area contributed by atoms with Gasteiger partial charge in [-0.1, -0.05) is 6.07 Å². The number of amides is 2. The Labute approximate surface area is 123 Å². The van der Waals surface area contributed by atoms with Gasteiger partial charge in [0.05, 0.1) is 12.2 Å². The van der Waals surface area contributed by atoms with Gasteiger partial charge >= 0.3 is 12.0 Å². The molecule has 1 saturated carbocycles. The lowest BCUT2D eigenvalue weighted by atomic mass is 10.2. The van der Waals surface area contributed by atoms with Crippen LogP contribution in [-0.4, -0.2) is 48.8 Å². The first-order valence-corrected chi connectivity index (χ1v) is 6.99. The van der Waals surface area contributed by atoms with Crippen LogP contribution < -0.4 is 5.32 Å². The van der Waals surface area contributed by atoms with Crippen LogP contribution >= 0.6 is 0 Å². The number of carboxylic acids is 1. The molecule has 0 unspecified atom stereocenters. The molecule has 0 aliphatic heterocycles. The number of likely N-dealkylation sites (N-methyl/N-ethyl adjacent to an activating group) is 1. The van der Waals surface area contributed by atoms with Crippen molar-refractivity contribution in [2.75, 3.05) is 32.1 Å². The molecule has 0 aromatic heterocycles. The van der Waals surface area contributed by atoms with Crippen LogP contribution in [0.25, 0.3) is 0 Å². The predicted molar refractivity (Wildman–Crippen MR) is 78.6 cm³/mol. The first-order chi connectivity index (χ1) is 10.1. The molecule has 2 N–H and O–H groups in total. The number of urea groups is 1. The fourth-order valence-electron chi connectivity index (χ4n) is 1.79. The van der Waals surface area contributed by atoms with Crippen LogP contribution in [0.15, 0.2) is 24.3 Å². The van der Waals surface area contributed by atoms with E-state index in [9.17, 15) is 9.59 Å². The maximum absolute atomic E-state index is 11.9. The molecule has 2 rings (SSSR count). The Morgan fingerprint density at radius 3 is 2.86 bits per heavy atom. The van der Waals surface area contributed by atoms with Crippen molar-refractivity contribution in [3.8, 4) is 0 Å². The number of aromatic carboxylic acids is 1. The summed E-state index contributed by atoms with van der Waals surface area (Å²) in [5.41, 5.74) is 0.605. The summed E-state index contributed by atoms with van der Waals surface area (Å²) in [7, 11) is 1.68. The summed E-state index contributed by atoms with van der Waals surface area (Å²) in [6, 6.07) is 5.87. The molecule has 0 heterocycles. The molecule has 0 bridgehead atoms. The normalized spacial score (nSPS) is 13.8. The number of nitrogens with zero attached hydrogens (tertiary/aromatic N) is 1. The van der Waals surface area contributed by atoms with Gasteiger partial charge in [-0.25, -0.2) is 9.59 Å². The molecule has 6 heteroatoms. The summed E-state index contributed by atoms with van der Waals surface area (Å²) < 4.78 is 5.48. The highest BCUT2D eigenvalue weighted by atomic mass is 16.5.